The molecule has 1 aromatic carbocycles. The van der Waals surface area contributed by atoms with Gasteiger partial charge >= 0.3 is 0 Å². The number of halogens is 1. The molecule has 96 valence electrons. The maximum absolute atomic E-state index is 14.0. The van der Waals surface area contributed by atoms with Crippen LogP contribution >= 0.6 is 0 Å². The lowest BCUT2D eigenvalue weighted by Gasteiger charge is -2.24. The van der Waals surface area contributed by atoms with E-state index < -0.39 is 6.10 Å². The smallest absolute Gasteiger partial charge is 0.146 e. The third-order valence-electron chi connectivity index (χ3n) is 3.22. The molecule has 1 atom stereocenters. The largest absolute Gasteiger partial charge is 0.389 e. The lowest BCUT2D eigenvalue weighted by atomic mass is 10.1. The van der Waals surface area contributed by atoms with Crippen molar-refractivity contribution in [3.63, 3.8) is 0 Å². The lowest BCUT2D eigenvalue weighted by Crippen LogP contribution is -2.27. The van der Waals surface area contributed by atoms with Crippen LogP contribution in [0.25, 0.3) is 0 Å². The van der Waals surface area contributed by atoms with Crippen molar-refractivity contribution in [1.29, 1.82) is 5.26 Å². The van der Waals surface area contributed by atoms with Crippen molar-refractivity contribution in [3.05, 3.63) is 29.6 Å². The highest BCUT2D eigenvalue weighted by atomic mass is 19.1. The van der Waals surface area contributed by atoms with Crippen molar-refractivity contribution in [1.82, 2.24) is 0 Å². The number of anilines is 1. The molecule has 2 rings (SSSR count). The highest BCUT2D eigenvalue weighted by Gasteiger charge is 2.30. The van der Waals surface area contributed by atoms with Crippen molar-refractivity contribution in [2.75, 3.05) is 11.4 Å². The number of aliphatic hydroxyl groups is 1. The van der Waals surface area contributed by atoms with Gasteiger partial charge in [-0.2, -0.15) is 5.26 Å². The molecule has 1 saturated carbocycles. The summed E-state index contributed by atoms with van der Waals surface area (Å²) < 4.78 is 14.0. The summed E-state index contributed by atoms with van der Waals surface area (Å²) in [4.78, 5) is 1.96. The monoisotopic (exact) mass is 248 g/mol. The van der Waals surface area contributed by atoms with Crippen LogP contribution in [0.1, 0.15) is 37.9 Å². The summed E-state index contributed by atoms with van der Waals surface area (Å²) in [5, 5.41) is 18.1. The van der Waals surface area contributed by atoms with E-state index in [9.17, 15) is 9.50 Å². The van der Waals surface area contributed by atoms with Gasteiger partial charge in [0.2, 0.25) is 0 Å². The van der Waals surface area contributed by atoms with E-state index in [4.69, 9.17) is 5.26 Å². The van der Waals surface area contributed by atoms with Crippen molar-refractivity contribution >= 4 is 5.69 Å². The number of rotatable bonds is 5. The average molecular weight is 248 g/mol. The summed E-state index contributed by atoms with van der Waals surface area (Å²) in [7, 11) is 0. The van der Waals surface area contributed by atoms with Crippen LogP contribution in [0.5, 0.6) is 0 Å². The van der Waals surface area contributed by atoms with Crippen molar-refractivity contribution in [3.8, 4) is 6.07 Å². The zero-order valence-electron chi connectivity index (χ0n) is 10.4. The van der Waals surface area contributed by atoms with Crippen LogP contribution in [-0.2, 0) is 0 Å². The Morgan fingerprint density at radius 1 is 1.56 bits per heavy atom. The van der Waals surface area contributed by atoms with Crippen molar-refractivity contribution < 1.29 is 9.50 Å². The number of nitrogens with zero attached hydrogens (tertiary/aromatic N) is 2. The Labute approximate surface area is 106 Å². The van der Waals surface area contributed by atoms with Gasteiger partial charge in [-0.3, -0.25) is 0 Å². The molecule has 0 heterocycles. The van der Waals surface area contributed by atoms with E-state index >= 15 is 0 Å². The zero-order chi connectivity index (χ0) is 13.1. The van der Waals surface area contributed by atoms with Gasteiger partial charge in [0, 0.05) is 12.6 Å². The third kappa shape index (κ3) is 2.80. The normalized spacial score (nSPS) is 16.1. The molecule has 0 aromatic heterocycles. The topological polar surface area (TPSA) is 47.3 Å². The molecule has 0 aliphatic heterocycles. The number of nitriles is 1. The summed E-state index contributed by atoms with van der Waals surface area (Å²) in [5.74, 6) is -0.321. The van der Waals surface area contributed by atoms with Gasteiger partial charge in [0.1, 0.15) is 5.82 Å². The molecule has 18 heavy (non-hydrogen) atoms. The molecule has 0 amide bonds. The highest BCUT2D eigenvalue weighted by Crippen LogP contribution is 2.34. The van der Waals surface area contributed by atoms with Gasteiger partial charge < -0.3 is 10.0 Å². The van der Waals surface area contributed by atoms with Gasteiger partial charge in [-0.25, -0.2) is 4.39 Å². The minimum Gasteiger partial charge on any atom is -0.389 e. The number of hydrogen-bond acceptors (Lipinski definition) is 3. The second-order valence-electron chi connectivity index (χ2n) is 4.72. The Balaban J connectivity index is 2.22. The van der Waals surface area contributed by atoms with Crippen LogP contribution < -0.4 is 4.90 Å². The van der Waals surface area contributed by atoms with E-state index in [0.717, 1.165) is 12.8 Å². The first-order valence-corrected chi connectivity index (χ1v) is 6.24. The van der Waals surface area contributed by atoms with E-state index in [-0.39, 0.29) is 5.82 Å². The maximum Gasteiger partial charge on any atom is 0.146 e. The first kappa shape index (κ1) is 12.8. The molecule has 1 aliphatic rings. The predicted molar refractivity (Wildman–Crippen MR) is 67.6 cm³/mol. The van der Waals surface area contributed by atoms with E-state index in [2.05, 4.69) is 6.07 Å². The molecular formula is C14H17FN2O. The molecule has 3 nitrogen and oxygen atoms in total. The first-order valence-electron chi connectivity index (χ1n) is 6.24. The summed E-state index contributed by atoms with van der Waals surface area (Å²) in [5.41, 5.74) is 1.12. The van der Waals surface area contributed by atoms with Gasteiger partial charge in [-0.1, -0.05) is 6.07 Å². The molecule has 0 radical (unpaired) electrons. The molecular weight excluding hydrogens is 231 g/mol. The van der Waals surface area contributed by atoms with Crippen LogP contribution in [-0.4, -0.2) is 17.7 Å². The van der Waals surface area contributed by atoms with Gasteiger partial charge in [0.25, 0.3) is 0 Å². The highest BCUT2D eigenvalue weighted by molar-refractivity contribution is 5.51. The molecule has 0 unspecified atom stereocenters. The summed E-state index contributed by atoms with van der Waals surface area (Å²) in [6.07, 6.45) is 1.85. The number of hydrogen-bond donors (Lipinski definition) is 1. The molecule has 1 aromatic rings. The van der Waals surface area contributed by atoms with E-state index in [1.807, 2.05) is 4.90 Å². The number of aliphatic hydroxyl groups excluding tert-OH is 1. The van der Waals surface area contributed by atoms with Gasteiger partial charge in [-0.15, -0.1) is 0 Å². The molecule has 0 spiro atoms. The molecule has 1 fully saturated rings. The fraction of sp³-hybridized carbons (Fsp3) is 0.500. The van der Waals surface area contributed by atoms with E-state index in [0.29, 0.717) is 30.3 Å². The van der Waals surface area contributed by atoms with Gasteiger partial charge in [-0.05, 0) is 37.5 Å². The number of benzene rings is 1. The molecule has 1 aliphatic carbocycles. The van der Waals surface area contributed by atoms with Gasteiger partial charge in [0.15, 0.2) is 0 Å². The molecule has 1 N–H and O–H groups in total. The van der Waals surface area contributed by atoms with Crippen molar-refractivity contribution in [2.24, 2.45) is 0 Å². The van der Waals surface area contributed by atoms with Crippen LogP contribution in [0, 0.1) is 17.1 Å². The Bertz CT molecular complexity index is 463. The van der Waals surface area contributed by atoms with E-state index in [1.54, 1.807) is 19.1 Å². The predicted octanol–water partition coefficient (Wildman–Crippen LogP) is 2.76. The van der Waals surface area contributed by atoms with Crippen molar-refractivity contribution in [2.45, 2.75) is 38.3 Å². The fourth-order valence-corrected chi connectivity index (χ4v) is 2.07. The Kier molecular flexibility index (Phi) is 3.83. The summed E-state index contributed by atoms with van der Waals surface area (Å²) in [6.45, 7) is 2.18. The minimum absolute atomic E-state index is 0.321. The van der Waals surface area contributed by atoms with Crippen LogP contribution in [0.3, 0.4) is 0 Å². The zero-order valence-corrected chi connectivity index (χ0v) is 10.4. The lowest BCUT2D eigenvalue weighted by molar-refractivity contribution is 0.199. The summed E-state index contributed by atoms with van der Waals surface area (Å²) in [6, 6.07) is 7.28. The summed E-state index contributed by atoms with van der Waals surface area (Å²) >= 11 is 0. The Morgan fingerprint density at radius 2 is 2.28 bits per heavy atom. The second kappa shape index (κ2) is 5.36. The second-order valence-corrected chi connectivity index (χ2v) is 4.72. The van der Waals surface area contributed by atoms with Crippen LogP contribution in [0.2, 0.25) is 0 Å². The Hall–Kier alpha value is -1.60. The maximum atomic E-state index is 14.0. The third-order valence-corrected chi connectivity index (χ3v) is 3.22. The van der Waals surface area contributed by atoms with E-state index in [1.165, 1.54) is 6.07 Å². The SMILES string of the molecule is C[C@H](O)c1ccc(N(CCC#N)C2CC2)c(F)c1. The van der Waals surface area contributed by atoms with Gasteiger partial charge in [0.05, 0.1) is 24.3 Å². The standard InChI is InChI=1S/C14H17FN2O/c1-10(18)11-3-6-14(13(15)9-11)17(8-2-7-16)12-4-5-12/h3,6,9-10,12,18H,2,4-5,8H2,1H3/t10-/m0/s1. The molecule has 4 heteroatoms. The average Bonchev–Trinajstić information content (AvgIpc) is 3.15. The van der Waals surface area contributed by atoms with Crippen LogP contribution in [0.4, 0.5) is 10.1 Å². The quantitative estimate of drug-likeness (QED) is 0.871. The molecule has 0 saturated heterocycles. The fourth-order valence-electron chi connectivity index (χ4n) is 2.07. The van der Waals surface area contributed by atoms with Crippen LogP contribution in [0.15, 0.2) is 18.2 Å². The minimum atomic E-state index is -0.665. The first-order chi connectivity index (χ1) is 8.63. The molecule has 0 bridgehead atoms. The Morgan fingerprint density at radius 3 is 2.78 bits per heavy atom.